The molecule has 2 aliphatic heterocycles. The Morgan fingerprint density at radius 2 is 1.74 bits per heavy atom. The fraction of sp³-hybridized carbons (Fsp3) is 0.290. The van der Waals surface area contributed by atoms with E-state index in [2.05, 4.69) is 38.7 Å². The van der Waals surface area contributed by atoms with Crippen LogP contribution in [0.3, 0.4) is 0 Å². The van der Waals surface area contributed by atoms with Crippen molar-refractivity contribution in [2.24, 2.45) is 5.92 Å². The van der Waals surface area contributed by atoms with Crippen molar-refractivity contribution in [3.8, 4) is 17.3 Å². The number of nitrogens with zero attached hydrogens (tertiary/aromatic N) is 3. The van der Waals surface area contributed by atoms with Crippen molar-refractivity contribution in [1.82, 2.24) is 9.78 Å². The highest BCUT2D eigenvalue weighted by atomic mass is 19.1. The van der Waals surface area contributed by atoms with E-state index in [4.69, 9.17) is 14.6 Å². The molecule has 0 bridgehead atoms. The van der Waals surface area contributed by atoms with Gasteiger partial charge in [-0.15, -0.1) is 0 Å². The van der Waals surface area contributed by atoms with E-state index < -0.39 is 5.60 Å². The maximum Gasteiger partial charge on any atom is 0.340 e. The van der Waals surface area contributed by atoms with Crippen LogP contribution in [0.5, 0.6) is 11.6 Å². The zero-order valence-electron chi connectivity index (χ0n) is 22.0. The van der Waals surface area contributed by atoms with Crippen molar-refractivity contribution in [1.29, 1.82) is 0 Å². The van der Waals surface area contributed by atoms with Crippen molar-refractivity contribution < 1.29 is 18.7 Å². The predicted octanol–water partition coefficient (Wildman–Crippen LogP) is 6.62. The molecule has 1 aromatic heterocycles. The van der Waals surface area contributed by atoms with Gasteiger partial charge in [0.25, 0.3) is 0 Å². The number of rotatable bonds is 6. The SMILES string of the molecule is CCN(CC)c1ccc2c(c1)Oc1c(c(CC(C)C)nn1-c1ccc(F)cc1)C21OC(=O)c2ccccc21. The molecule has 0 aliphatic carbocycles. The number of aromatic nitrogens is 2. The first-order valence-corrected chi connectivity index (χ1v) is 13.2. The lowest BCUT2D eigenvalue weighted by Crippen LogP contribution is -2.34. The van der Waals surface area contributed by atoms with Gasteiger partial charge in [-0.3, -0.25) is 0 Å². The van der Waals surface area contributed by atoms with Gasteiger partial charge in [0.1, 0.15) is 11.6 Å². The summed E-state index contributed by atoms with van der Waals surface area (Å²) in [5.41, 5.74) is 4.04. The lowest BCUT2D eigenvalue weighted by Gasteiger charge is -2.36. The summed E-state index contributed by atoms with van der Waals surface area (Å²) in [6, 6.07) is 19.8. The number of hydrogen-bond acceptors (Lipinski definition) is 5. The van der Waals surface area contributed by atoms with Crippen LogP contribution in [-0.4, -0.2) is 28.8 Å². The van der Waals surface area contributed by atoms with Gasteiger partial charge in [0.15, 0.2) is 5.60 Å². The molecule has 0 N–H and O–H groups in total. The second-order valence-electron chi connectivity index (χ2n) is 10.2. The summed E-state index contributed by atoms with van der Waals surface area (Å²) in [7, 11) is 0. The number of fused-ring (bicyclic) bond motifs is 6. The summed E-state index contributed by atoms with van der Waals surface area (Å²) >= 11 is 0. The van der Waals surface area contributed by atoms with E-state index in [0.29, 0.717) is 29.3 Å². The van der Waals surface area contributed by atoms with Crippen molar-refractivity contribution in [3.05, 3.63) is 100 Å². The van der Waals surface area contributed by atoms with E-state index in [-0.39, 0.29) is 17.7 Å². The number of carbonyl (C=O) groups excluding carboxylic acids is 1. The van der Waals surface area contributed by atoms with Crippen LogP contribution < -0.4 is 9.64 Å². The Morgan fingerprint density at radius 1 is 1.00 bits per heavy atom. The average Bonchev–Trinajstić information content (AvgIpc) is 3.41. The van der Waals surface area contributed by atoms with E-state index in [1.165, 1.54) is 12.1 Å². The Bertz CT molecular complexity index is 1540. The molecule has 194 valence electrons. The highest BCUT2D eigenvalue weighted by Gasteiger charge is 2.56. The zero-order chi connectivity index (χ0) is 26.6. The highest BCUT2D eigenvalue weighted by Crippen LogP contribution is 2.58. The van der Waals surface area contributed by atoms with E-state index in [0.717, 1.165) is 41.2 Å². The van der Waals surface area contributed by atoms with Gasteiger partial charge in [0.05, 0.1) is 22.5 Å². The minimum Gasteiger partial charge on any atom is -0.440 e. The Hall–Kier alpha value is -4.13. The molecule has 0 amide bonds. The minimum atomic E-state index is -1.21. The van der Waals surface area contributed by atoms with Gasteiger partial charge in [0.2, 0.25) is 5.88 Å². The fourth-order valence-corrected chi connectivity index (χ4v) is 5.69. The van der Waals surface area contributed by atoms with Gasteiger partial charge in [0, 0.05) is 36.0 Å². The molecule has 1 spiro atoms. The van der Waals surface area contributed by atoms with Crippen LogP contribution >= 0.6 is 0 Å². The van der Waals surface area contributed by atoms with Crippen LogP contribution in [0.4, 0.5) is 10.1 Å². The van der Waals surface area contributed by atoms with Crippen LogP contribution in [0.2, 0.25) is 0 Å². The quantitative estimate of drug-likeness (QED) is 0.272. The van der Waals surface area contributed by atoms with Crippen LogP contribution in [0.1, 0.15) is 60.4 Å². The third kappa shape index (κ3) is 3.52. The Kier molecular flexibility index (Phi) is 5.74. The third-order valence-electron chi connectivity index (χ3n) is 7.39. The summed E-state index contributed by atoms with van der Waals surface area (Å²) in [5.74, 6) is 0.651. The summed E-state index contributed by atoms with van der Waals surface area (Å²) in [4.78, 5) is 15.6. The van der Waals surface area contributed by atoms with Crippen molar-refractivity contribution in [2.45, 2.75) is 39.7 Å². The molecule has 0 fully saturated rings. The molecule has 1 atom stereocenters. The number of hydrogen-bond donors (Lipinski definition) is 0. The van der Waals surface area contributed by atoms with Gasteiger partial charge < -0.3 is 14.4 Å². The summed E-state index contributed by atoms with van der Waals surface area (Å²) < 4.78 is 28.6. The van der Waals surface area contributed by atoms with Crippen molar-refractivity contribution in [3.63, 3.8) is 0 Å². The molecule has 0 saturated heterocycles. The lowest BCUT2D eigenvalue weighted by molar-refractivity contribution is 0.0220. The highest BCUT2D eigenvalue weighted by molar-refractivity contribution is 5.97. The van der Waals surface area contributed by atoms with Crippen molar-refractivity contribution in [2.75, 3.05) is 18.0 Å². The van der Waals surface area contributed by atoms with Gasteiger partial charge in [-0.2, -0.15) is 5.10 Å². The second-order valence-corrected chi connectivity index (χ2v) is 10.2. The smallest absolute Gasteiger partial charge is 0.340 e. The molecular formula is C31H30FN3O3. The first-order valence-electron chi connectivity index (χ1n) is 13.2. The Labute approximate surface area is 221 Å². The normalized spacial score (nSPS) is 17.2. The Balaban J connectivity index is 1.68. The van der Waals surface area contributed by atoms with E-state index in [1.54, 1.807) is 22.9 Å². The van der Waals surface area contributed by atoms with Crippen LogP contribution in [0.15, 0.2) is 66.7 Å². The Morgan fingerprint density at radius 3 is 2.45 bits per heavy atom. The van der Waals surface area contributed by atoms with Gasteiger partial charge in [-0.25, -0.2) is 13.9 Å². The summed E-state index contributed by atoms with van der Waals surface area (Å²) in [5, 5.41) is 4.99. The standard InChI is InChI=1S/C31H30FN3O3/c1-5-34(6-2)22-15-16-25-27(18-22)37-29-28(31(25)24-10-8-7-9-23(24)30(36)38-31)26(17-19(3)4)33-35(29)21-13-11-20(32)12-14-21/h7-16,18-19H,5-6,17H2,1-4H3. The van der Waals surface area contributed by atoms with Gasteiger partial charge >= 0.3 is 5.97 Å². The maximum atomic E-state index is 13.8. The molecule has 6 nitrogen and oxygen atoms in total. The number of esters is 1. The number of anilines is 1. The first-order chi connectivity index (χ1) is 18.4. The summed E-state index contributed by atoms with van der Waals surface area (Å²) in [6.07, 6.45) is 0.647. The summed E-state index contributed by atoms with van der Waals surface area (Å²) in [6.45, 7) is 10.2. The molecule has 38 heavy (non-hydrogen) atoms. The van der Waals surface area contributed by atoms with Crippen LogP contribution in [0.25, 0.3) is 5.69 Å². The molecular weight excluding hydrogens is 481 g/mol. The van der Waals surface area contributed by atoms with E-state index in [9.17, 15) is 9.18 Å². The zero-order valence-corrected chi connectivity index (χ0v) is 22.0. The van der Waals surface area contributed by atoms with E-state index in [1.807, 2.05) is 30.3 Å². The predicted molar refractivity (Wildman–Crippen MR) is 144 cm³/mol. The lowest BCUT2D eigenvalue weighted by atomic mass is 9.77. The van der Waals surface area contributed by atoms with Crippen molar-refractivity contribution >= 4 is 11.7 Å². The van der Waals surface area contributed by atoms with Gasteiger partial charge in [-0.05, 0) is 68.7 Å². The minimum absolute atomic E-state index is 0.284. The fourth-order valence-electron chi connectivity index (χ4n) is 5.69. The molecule has 2 aliphatic rings. The average molecular weight is 512 g/mol. The molecule has 0 saturated carbocycles. The largest absolute Gasteiger partial charge is 0.440 e. The third-order valence-corrected chi connectivity index (χ3v) is 7.39. The number of ether oxygens (including phenoxy) is 2. The van der Waals surface area contributed by atoms with Gasteiger partial charge in [-0.1, -0.05) is 32.0 Å². The molecule has 4 aromatic rings. The number of benzene rings is 3. The molecule has 3 heterocycles. The number of halogens is 1. The van der Waals surface area contributed by atoms with E-state index >= 15 is 0 Å². The van der Waals surface area contributed by atoms with Crippen LogP contribution in [-0.2, 0) is 16.8 Å². The number of carbonyl (C=O) groups is 1. The van der Waals surface area contributed by atoms with Crippen LogP contribution in [0, 0.1) is 11.7 Å². The topological polar surface area (TPSA) is 56.6 Å². The second kappa shape index (κ2) is 9.01. The maximum absolute atomic E-state index is 13.8. The molecule has 1 unspecified atom stereocenters. The molecule has 3 aromatic carbocycles. The monoisotopic (exact) mass is 511 g/mol. The molecule has 0 radical (unpaired) electrons. The molecule has 6 rings (SSSR count). The molecule has 7 heteroatoms. The first kappa shape index (κ1) is 24.2.